The van der Waals surface area contributed by atoms with Crippen molar-refractivity contribution in [2.45, 2.75) is 9.79 Å². The van der Waals surface area contributed by atoms with Crippen LogP contribution < -0.4 is 0 Å². The van der Waals surface area contributed by atoms with Gasteiger partial charge in [0.2, 0.25) is 0 Å². The molecule has 0 heterocycles. The molecule has 0 fully saturated rings. The quantitative estimate of drug-likeness (QED) is 0.394. The molecule has 0 saturated carbocycles. The Morgan fingerprint density at radius 3 is 2.12 bits per heavy atom. The molecule has 1 nitrogen and oxygen atoms in total. The normalized spacial score (nSPS) is 11.1. The maximum atomic E-state index is 9.43. The van der Waals surface area contributed by atoms with E-state index in [0.29, 0.717) is 10.6 Å². The third kappa shape index (κ3) is 4.08. The summed E-state index contributed by atoms with van der Waals surface area (Å²) in [5.41, 5.74) is 2.29. The van der Waals surface area contributed by atoms with E-state index in [1.165, 1.54) is 4.90 Å². The number of halogens is 1. The second kappa shape index (κ2) is 7.88. The monoisotopic (exact) mass is 347 g/mol. The van der Waals surface area contributed by atoms with Crippen molar-refractivity contribution in [3.8, 4) is 6.07 Å². The molecular formula is C21H14ClNS. The summed E-state index contributed by atoms with van der Waals surface area (Å²) >= 11 is 7.90. The van der Waals surface area contributed by atoms with Gasteiger partial charge in [0.15, 0.2) is 0 Å². The van der Waals surface area contributed by atoms with E-state index in [1.807, 2.05) is 54.6 Å². The SMILES string of the molecule is N#CC(=Cc1ccc(Sc2ccccc2)cc1)c1ccccc1Cl. The summed E-state index contributed by atoms with van der Waals surface area (Å²) in [6.07, 6.45) is 1.86. The van der Waals surface area contributed by atoms with Crippen LogP contribution in [0.5, 0.6) is 0 Å². The fourth-order valence-corrected chi connectivity index (χ4v) is 3.35. The van der Waals surface area contributed by atoms with Crippen molar-refractivity contribution in [3.63, 3.8) is 0 Å². The fourth-order valence-electron chi connectivity index (χ4n) is 2.27. The van der Waals surface area contributed by atoms with Crippen LogP contribution in [0.1, 0.15) is 11.1 Å². The van der Waals surface area contributed by atoms with Gasteiger partial charge >= 0.3 is 0 Å². The molecule has 0 radical (unpaired) electrons. The van der Waals surface area contributed by atoms with Gasteiger partial charge in [0.05, 0.1) is 11.6 Å². The number of nitrogens with zero attached hydrogens (tertiary/aromatic N) is 1. The predicted octanol–water partition coefficient (Wildman–Crippen LogP) is 6.56. The molecule has 0 amide bonds. The molecule has 3 aromatic carbocycles. The van der Waals surface area contributed by atoms with Crippen molar-refractivity contribution in [3.05, 3.63) is 95.0 Å². The lowest BCUT2D eigenvalue weighted by Crippen LogP contribution is -1.84. The van der Waals surface area contributed by atoms with Crippen molar-refractivity contribution in [2.75, 3.05) is 0 Å². The molecule has 3 rings (SSSR count). The largest absolute Gasteiger partial charge is 0.192 e. The minimum absolute atomic E-state index is 0.559. The smallest absolute Gasteiger partial charge is 0.0998 e. The minimum Gasteiger partial charge on any atom is -0.192 e. The van der Waals surface area contributed by atoms with Gasteiger partial charge in [-0.2, -0.15) is 5.26 Å². The van der Waals surface area contributed by atoms with E-state index >= 15 is 0 Å². The van der Waals surface area contributed by atoms with Crippen LogP contribution in [0.25, 0.3) is 11.6 Å². The highest BCUT2D eigenvalue weighted by atomic mass is 35.5. The summed E-state index contributed by atoms with van der Waals surface area (Å²) in [6.45, 7) is 0. The third-order valence-electron chi connectivity index (χ3n) is 3.45. The second-order valence-corrected chi connectivity index (χ2v) is 6.69. The molecule has 0 aromatic heterocycles. The van der Waals surface area contributed by atoms with Crippen LogP contribution in [-0.2, 0) is 0 Å². The Labute approximate surface area is 151 Å². The summed E-state index contributed by atoms with van der Waals surface area (Å²) in [5.74, 6) is 0. The fraction of sp³-hybridized carbons (Fsp3) is 0. The maximum Gasteiger partial charge on any atom is 0.0998 e. The van der Waals surface area contributed by atoms with Crippen LogP contribution in [0.3, 0.4) is 0 Å². The Hall–Kier alpha value is -2.47. The topological polar surface area (TPSA) is 23.8 Å². The van der Waals surface area contributed by atoms with Crippen molar-refractivity contribution in [2.24, 2.45) is 0 Å². The van der Waals surface area contributed by atoms with Gasteiger partial charge < -0.3 is 0 Å². The average Bonchev–Trinajstić information content (AvgIpc) is 2.63. The Balaban J connectivity index is 1.83. The summed E-state index contributed by atoms with van der Waals surface area (Å²) in [7, 11) is 0. The molecule has 3 heteroatoms. The van der Waals surface area contributed by atoms with Gasteiger partial charge in [-0.15, -0.1) is 0 Å². The summed E-state index contributed by atoms with van der Waals surface area (Å²) < 4.78 is 0. The van der Waals surface area contributed by atoms with Crippen molar-refractivity contribution >= 4 is 35.0 Å². The Morgan fingerprint density at radius 2 is 1.46 bits per heavy atom. The van der Waals surface area contributed by atoms with Gasteiger partial charge in [0, 0.05) is 20.4 Å². The van der Waals surface area contributed by atoms with Crippen LogP contribution in [0.4, 0.5) is 0 Å². The van der Waals surface area contributed by atoms with E-state index in [9.17, 15) is 5.26 Å². The number of allylic oxidation sites excluding steroid dienone is 1. The minimum atomic E-state index is 0.559. The number of benzene rings is 3. The van der Waals surface area contributed by atoms with Gasteiger partial charge in [-0.25, -0.2) is 0 Å². The van der Waals surface area contributed by atoms with Crippen LogP contribution in [0.15, 0.2) is 88.7 Å². The lowest BCUT2D eigenvalue weighted by atomic mass is 10.0. The Kier molecular flexibility index (Phi) is 5.38. The van der Waals surface area contributed by atoms with Gasteiger partial charge in [-0.3, -0.25) is 0 Å². The Morgan fingerprint density at radius 1 is 0.833 bits per heavy atom. The third-order valence-corrected chi connectivity index (χ3v) is 4.80. The second-order valence-electron chi connectivity index (χ2n) is 5.13. The van der Waals surface area contributed by atoms with Crippen molar-refractivity contribution in [1.29, 1.82) is 5.26 Å². The molecule has 0 aliphatic heterocycles. The molecular weight excluding hydrogens is 334 g/mol. The van der Waals surface area contributed by atoms with E-state index in [0.717, 1.165) is 16.0 Å². The first kappa shape index (κ1) is 16.4. The van der Waals surface area contributed by atoms with Crippen LogP contribution >= 0.6 is 23.4 Å². The molecule has 3 aromatic rings. The molecule has 0 bridgehead atoms. The lowest BCUT2D eigenvalue weighted by Gasteiger charge is -2.04. The molecule has 24 heavy (non-hydrogen) atoms. The molecule has 0 aliphatic rings. The number of rotatable bonds is 4. The van der Waals surface area contributed by atoms with Crippen molar-refractivity contribution < 1.29 is 0 Å². The molecule has 0 saturated heterocycles. The molecule has 0 N–H and O–H groups in total. The van der Waals surface area contributed by atoms with Crippen molar-refractivity contribution in [1.82, 2.24) is 0 Å². The van der Waals surface area contributed by atoms with Crippen LogP contribution in [0, 0.1) is 11.3 Å². The predicted molar refractivity (Wildman–Crippen MR) is 102 cm³/mol. The van der Waals surface area contributed by atoms with E-state index in [-0.39, 0.29) is 0 Å². The first-order chi connectivity index (χ1) is 11.8. The number of hydrogen-bond acceptors (Lipinski definition) is 2. The van der Waals surface area contributed by atoms with Gasteiger partial charge in [-0.05, 0) is 42.0 Å². The number of hydrogen-bond donors (Lipinski definition) is 0. The lowest BCUT2D eigenvalue weighted by molar-refractivity contribution is 1.40. The standard InChI is InChI=1S/C21H14ClNS/c22-21-9-5-4-8-20(21)17(15-23)14-16-10-12-19(13-11-16)24-18-6-2-1-3-7-18/h1-14H. The summed E-state index contributed by atoms with van der Waals surface area (Å²) in [5, 5.41) is 10.0. The molecule has 0 atom stereocenters. The highest BCUT2D eigenvalue weighted by Gasteiger charge is 2.05. The maximum absolute atomic E-state index is 9.43. The van der Waals surface area contributed by atoms with Gasteiger partial charge in [0.1, 0.15) is 0 Å². The van der Waals surface area contributed by atoms with E-state index in [4.69, 9.17) is 11.6 Å². The zero-order chi connectivity index (χ0) is 16.8. The van der Waals surface area contributed by atoms with Gasteiger partial charge in [0.25, 0.3) is 0 Å². The summed E-state index contributed by atoms with van der Waals surface area (Å²) in [4.78, 5) is 2.36. The van der Waals surface area contributed by atoms with Crippen LogP contribution in [-0.4, -0.2) is 0 Å². The zero-order valence-corrected chi connectivity index (χ0v) is 14.4. The van der Waals surface area contributed by atoms with E-state index < -0.39 is 0 Å². The van der Waals surface area contributed by atoms with E-state index in [2.05, 4.69) is 30.3 Å². The average molecular weight is 348 g/mol. The van der Waals surface area contributed by atoms with Crippen LogP contribution in [0.2, 0.25) is 5.02 Å². The molecule has 116 valence electrons. The van der Waals surface area contributed by atoms with Gasteiger partial charge in [-0.1, -0.05) is 71.9 Å². The zero-order valence-electron chi connectivity index (χ0n) is 12.8. The highest BCUT2D eigenvalue weighted by molar-refractivity contribution is 7.99. The molecule has 0 aliphatic carbocycles. The van der Waals surface area contributed by atoms with E-state index in [1.54, 1.807) is 17.8 Å². The molecule has 0 unspecified atom stereocenters. The molecule has 0 spiro atoms. The Bertz CT molecular complexity index is 893. The summed E-state index contributed by atoms with van der Waals surface area (Å²) in [6, 6.07) is 28.0. The highest BCUT2D eigenvalue weighted by Crippen LogP contribution is 2.29. The first-order valence-electron chi connectivity index (χ1n) is 7.46. The first-order valence-corrected chi connectivity index (χ1v) is 8.65. The number of nitriles is 1.